The maximum atomic E-state index is 13.1. The molecule has 1 aliphatic heterocycles. The third-order valence-corrected chi connectivity index (χ3v) is 5.76. The highest BCUT2D eigenvalue weighted by molar-refractivity contribution is 5.77. The number of aromatic nitrogens is 4. The number of fused-ring (bicyclic) bond motifs is 1. The number of imidazole rings is 1. The van der Waals surface area contributed by atoms with Crippen LogP contribution in [0.2, 0.25) is 0 Å². The zero-order chi connectivity index (χ0) is 22.1. The summed E-state index contributed by atoms with van der Waals surface area (Å²) in [6.07, 6.45) is 2.25. The molecule has 1 aliphatic rings. The summed E-state index contributed by atoms with van der Waals surface area (Å²) in [6, 6.07) is 6.42. The number of carbonyl (C=O) groups excluding carboxylic acids is 1. The van der Waals surface area contributed by atoms with Crippen LogP contribution in [-0.2, 0) is 32.0 Å². The van der Waals surface area contributed by atoms with Gasteiger partial charge in [-0.1, -0.05) is 12.1 Å². The van der Waals surface area contributed by atoms with Gasteiger partial charge in [-0.2, -0.15) is 0 Å². The predicted octanol–water partition coefficient (Wildman–Crippen LogP) is 0.307. The fraction of sp³-hybridized carbons (Fsp3) is 0.429. The molecule has 0 bridgehead atoms. The standard InChI is InChI=1S/C21H25FN6O3/c1-24-14-23-19-18(24)20(30)28(21(31)25(19)2)13-17(29)27-9-3-8-26(10-11-27)12-15-4-6-16(22)7-5-15/h4-7,14H,3,8-13H2,1-2H3. The van der Waals surface area contributed by atoms with E-state index in [1.165, 1.54) is 30.1 Å². The lowest BCUT2D eigenvalue weighted by Gasteiger charge is -2.22. The van der Waals surface area contributed by atoms with Crippen molar-refractivity contribution in [1.82, 2.24) is 28.5 Å². The van der Waals surface area contributed by atoms with E-state index in [-0.39, 0.29) is 23.8 Å². The van der Waals surface area contributed by atoms with Crippen LogP contribution in [0.15, 0.2) is 40.2 Å². The van der Waals surface area contributed by atoms with E-state index in [0.717, 1.165) is 23.1 Å². The highest BCUT2D eigenvalue weighted by atomic mass is 19.1. The normalized spacial score (nSPS) is 15.4. The number of nitrogens with zero attached hydrogens (tertiary/aromatic N) is 6. The minimum Gasteiger partial charge on any atom is -0.340 e. The average Bonchev–Trinajstić information content (AvgIpc) is 2.99. The van der Waals surface area contributed by atoms with E-state index >= 15 is 0 Å². The Labute approximate surface area is 177 Å². The van der Waals surface area contributed by atoms with Crippen LogP contribution in [0.25, 0.3) is 11.2 Å². The van der Waals surface area contributed by atoms with E-state index in [2.05, 4.69) is 9.88 Å². The van der Waals surface area contributed by atoms with Gasteiger partial charge in [-0.25, -0.2) is 18.7 Å². The van der Waals surface area contributed by atoms with Crippen molar-refractivity contribution in [2.75, 3.05) is 26.2 Å². The lowest BCUT2D eigenvalue weighted by Crippen LogP contribution is -2.45. The lowest BCUT2D eigenvalue weighted by atomic mass is 10.2. The first-order chi connectivity index (χ1) is 14.8. The van der Waals surface area contributed by atoms with Crippen molar-refractivity contribution >= 4 is 17.1 Å². The molecule has 0 radical (unpaired) electrons. The second-order valence-electron chi connectivity index (χ2n) is 7.90. The molecular weight excluding hydrogens is 403 g/mol. The molecule has 10 heteroatoms. The minimum absolute atomic E-state index is 0.260. The molecule has 164 valence electrons. The SMILES string of the molecule is Cn1cnc2c1c(=O)n(CC(=O)N1CCCN(Cc3ccc(F)cc3)CC1)c(=O)n2C. The number of rotatable bonds is 4. The molecule has 3 heterocycles. The molecule has 3 aromatic rings. The van der Waals surface area contributed by atoms with E-state index in [1.807, 2.05) is 0 Å². The molecule has 1 saturated heterocycles. The van der Waals surface area contributed by atoms with Gasteiger partial charge in [0.25, 0.3) is 5.56 Å². The molecule has 1 amide bonds. The van der Waals surface area contributed by atoms with Crippen molar-refractivity contribution in [3.05, 3.63) is 62.8 Å². The van der Waals surface area contributed by atoms with Crippen molar-refractivity contribution in [2.24, 2.45) is 14.1 Å². The van der Waals surface area contributed by atoms with Gasteiger partial charge in [0.1, 0.15) is 12.4 Å². The van der Waals surface area contributed by atoms with Crippen molar-refractivity contribution < 1.29 is 9.18 Å². The molecule has 0 unspecified atom stereocenters. The van der Waals surface area contributed by atoms with Gasteiger partial charge in [0.2, 0.25) is 5.91 Å². The molecule has 0 aliphatic carbocycles. The fourth-order valence-corrected chi connectivity index (χ4v) is 4.00. The van der Waals surface area contributed by atoms with Gasteiger partial charge in [-0.05, 0) is 24.1 Å². The minimum atomic E-state index is -0.558. The molecular formula is C21H25FN6O3. The first-order valence-corrected chi connectivity index (χ1v) is 10.2. The molecule has 0 saturated carbocycles. The van der Waals surface area contributed by atoms with Gasteiger partial charge in [0.05, 0.1) is 6.33 Å². The molecule has 0 atom stereocenters. The van der Waals surface area contributed by atoms with Crippen LogP contribution in [0.3, 0.4) is 0 Å². The van der Waals surface area contributed by atoms with Crippen molar-refractivity contribution in [1.29, 1.82) is 0 Å². The zero-order valence-corrected chi connectivity index (χ0v) is 17.6. The summed E-state index contributed by atoms with van der Waals surface area (Å²) in [4.78, 5) is 46.4. The van der Waals surface area contributed by atoms with Crippen molar-refractivity contribution in [3.8, 4) is 0 Å². The quantitative estimate of drug-likeness (QED) is 0.597. The van der Waals surface area contributed by atoms with Gasteiger partial charge in [-0.3, -0.25) is 19.1 Å². The monoisotopic (exact) mass is 428 g/mol. The van der Waals surface area contributed by atoms with Crippen LogP contribution in [0, 0.1) is 5.82 Å². The van der Waals surface area contributed by atoms with Crippen LogP contribution in [0.1, 0.15) is 12.0 Å². The van der Waals surface area contributed by atoms with E-state index in [0.29, 0.717) is 31.8 Å². The Bertz CT molecular complexity index is 1230. The Morgan fingerprint density at radius 1 is 1.06 bits per heavy atom. The predicted molar refractivity (Wildman–Crippen MR) is 113 cm³/mol. The Kier molecular flexibility index (Phi) is 5.73. The molecule has 4 rings (SSSR count). The maximum absolute atomic E-state index is 13.1. The summed E-state index contributed by atoms with van der Waals surface area (Å²) in [5.41, 5.74) is 0.529. The summed E-state index contributed by atoms with van der Waals surface area (Å²) < 4.78 is 16.9. The first kappa shape index (κ1) is 21.0. The number of halogens is 1. The maximum Gasteiger partial charge on any atom is 0.332 e. The Morgan fingerprint density at radius 3 is 2.55 bits per heavy atom. The number of hydrogen-bond acceptors (Lipinski definition) is 5. The third-order valence-electron chi connectivity index (χ3n) is 5.76. The number of amides is 1. The van der Waals surface area contributed by atoms with Gasteiger partial charge in [0, 0.05) is 46.8 Å². The molecule has 0 N–H and O–H groups in total. The first-order valence-electron chi connectivity index (χ1n) is 10.2. The van der Waals surface area contributed by atoms with E-state index < -0.39 is 11.2 Å². The molecule has 1 aromatic carbocycles. The summed E-state index contributed by atoms with van der Waals surface area (Å²) in [6.45, 7) is 2.91. The third kappa shape index (κ3) is 4.15. The number of hydrogen-bond donors (Lipinski definition) is 0. The fourth-order valence-electron chi connectivity index (χ4n) is 4.00. The molecule has 9 nitrogen and oxygen atoms in total. The molecule has 0 spiro atoms. The Hall–Kier alpha value is -3.27. The van der Waals surface area contributed by atoms with E-state index in [1.54, 1.807) is 28.6 Å². The summed E-state index contributed by atoms with van der Waals surface area (Å²) in [5, 5.41) is 0. The number of benzene rings is 1. The Morgan fingerprint density at radius 2 is 1.81 bits per heavy atom. The summed E-state index contributed by atoms with van der Waals surface area (Å²) >= 11 is 0. The topological polar surface area (TPSA) is 85.4 Å². The van der Waals surface area contributed by atoms with Crippen LogP contribution >= 0.6 is 0 Å². The van der Waals surface area contributed by atoms with Gasteiger partial charge < -0.3 is 9.47 Å². The van der Waals surface area contributed by atoms with Crippen molar-refractivity contribution in [3.63, 3.8) is 0 Å². The largest absolute Gasteiger partial charge is 0.340 e. The van der Waals surface area contributed by atoms with E-state index in [9.17, 15) is 18.8 Å². The average molecular weight is 428 g/mol. The highest BCUT2D eigenvalue weighted by Gasteiger charge is 2.22. The van der Waals surface area contributed by atoms with Crippen LogP contribution in [-0.4, -0.2) is 60.6 Å². The summed E-state index contributed by atoms with van der Waals surface area (Å²) in [5.74, 6) is -0.522. The van der Waals surface area contributed by atoms with Gasteiger partial charge in [-0.15, -0.1) is 0 Å². The second-order valence-corrected chi connectivity index (χ2v) is 7.90. The molecule has 1 fully saturated rings. The second kappa shape index (κ2) is 8.46. The van der Waals surface area contributed by atoms with Gasteiger partial charge >= 0.3 is 5.69 Å². The molecule has 2 aromatic heterocycles. The van der Waals surface area contributed by atoms with Crippen molar-refractivity contribution in [2.45, 2.75) is 19.5 Å². The highest BCUT2D eigenvalue weighted by Crippen LogP contribution is 2.11. The smallest absolute Gasteiger partial charge is 0.332 e. The van der Waals surface area contributed by atoms with Crippen LogP contribution in [0.4, 0.5) is 4.39 Å². The lowest BCUT2D eigenvalue weighted by molar-refractivity contribution is -0.131. The van der Waals surface area contributed by atoms with Crippen LogP contribution in [0.5, 0.6) is 0 Å². The zero-order valence-electron chi connectivity index (χ0n) is 17.6. The summed E-state index contributed by atoms with van der Waals surface area (Å²) in [7, 11) is 3.22. The molecule has 31 heavy (non-hydrogen) atoms. The Balaban J connectivity index is 1.47. The van der Waals surface area contributed by atoms with Gasteiger partial charge in [0.15, 0.2) is 11.2 Å². The number of aryl methyl sites for hydroxylation is 2. The number of carbonyl (C=O) groups is 1. The van der Waals surface area contributed by atoms with E-state index in [4.69, 9.17) is 0 Å². The van der Waals surface area contributed by atoms with Crippen LogP contribution < -0.4 is 11.2 Å².